The van der Waals surface area contributed by atoms with Gasteiger partial charge < -0.3 is 29.6 Å². The van der Waals surface area contributed by atoms with E-state index in [0.29, 0.717) is 54.3 Å². The fourth-order valence-corrected chi connectivity index (χ4v) is 5.15. The van der Waals surface area contributed by atoms with Gasteiger partial charge in [0.05, 0.1) is 38.2 Å². The van der Waals surface area contributed by atoms with Gasteiger partial charge in [0.15, 0.2) is 11.5 Å². The molecule has 5 rings (SSSR count). The Hall–Kier alpha value is -3.87. The predicted octanol–water partition coefficient (Wildman–Crippen LogP) is 5.48. The molecule has 40 heavy (non-hydrogen) atoms. The molecule has 210 valence electrons. The summed E-state index contributed by atoms with van der Waals surface area (Å²) in [5.74, 6) is 3.19. The molecule has 0 saturated carbocycles. The molecule has 2 saturated heterocycles. The second-order valence-electron chi connectivity index (χ2n) is 10.2. The second kappa shape index (κ2) is 14.0. The van der Waals surface area contributed by atoms with Gasteiger partial charge in [0.2, 0.25) is 5.95 Å². The highest BCUT2D eigenvalue weighted by Crippen LogP contribution is 2.32. The lowest BCUT2D eigenvalue weighted by atomic mass is 9.93. The summed E-state index contributed by atoms with van der Waals surface area (Å²) in [6, 6.07) is 15.4. The number of anilines is 2. The third-order valence-electron chi connectivity index (χ3n) is 7.41. The van der Waals surface area contributed by atoms with Gasteiger partial charge in [-0.15, -0.1) is 0 Å². The number of aromatic nitrogens is 2. The first-order chi connectivity index (χ1) is 19.7. The number of methoxy groups -OCH3 is 1. The number of nitriles is 1. The molecule has 0 amide bonds. The van der Waals surface area contributed by atoms with Crippen molar-refractivity contribution in [2.45, 2.75) is 44.6 Å². The van der Waals surface area contributed by atoms with E-state index >= 15 is 0 Å². The van der Waals surface area contributed by atoms with Crippen LogP contribution >= 0.6 is 0 Å². The van der Waals surface area contributed by atoms with Crippen LogP contribution in [0.15, 0.2) is 48.7 Å². The van der Waals surface area contributed by atoms with Gasteiger partial charge >= 0.3 is 0 Å². The zero-order chi connectivity index (χ0) is 27.6. The maximum atomic E-state index is 9.76. The molecule has 3 heterocycles. The largest absolute Gasteiger partial charge is 0.493 e. The smallest absolute Gasteiger partial charge is 0.227 e. The lowest BCUT2D eigenvalue weighted by molar-refractivity contribution is 0.0254. The summed E-state index contributed by atoms with van der Waals surface area (Å²) >= 11 is 0. The Morgan fingerprint density at radius 2 is 1.85 bits per heavy atom. The molecule has 0 atom stereocenters. The number of piperidine rings is 1. The molecule has 9 heteroatoms. The molecule has 0 spiro atoms. The number of nitrogens with zero attached hydrogens (tertiary/aromatic N) is 3. The van der Waals surface area contributed by atoms with E-state index in [9.17, 15) is 5.26 Å². The SMILES string of the molecule is COc1ccc(Nc2nccc(-c3ccc(OC4CCOCC4)c(C#N)c3)n2)cc1OCCCC1CCNCC1. The van der Waals surface area contributed by atoms with Crippen LogP contribution in [0.5, 0.6) is 17.2 Å². The van der Waals surface area contributed by atoms with Crippen LogP contribution in [0.2, 0.25) is 0 Å². The van der Waals surface area contributed by atoms with Gasteiger partial charge in [-0.05, 0) is 81.1 Å². The topological polar surface area (TPSA) is 111 Å². The van der Waals surface area contributed by atoms with Crippen molar-refractivity contribution in [1.29, 1.82) is 5.26 Å². The summed E-state index contributed by atoms with van der Waals surface area (Å²) in [6.45, 7) is 4.24. The first kappa shape index (κ1) is 27.7. The zero-order valence-corrected chi connectivity index (χ0v) is 23.0. The summed E-state index contributed by atoms with van der Waals surface area (Å²) in [5.41, 5.74) is 2.79. The van der Waals surface area contributed by atoms with E-state index in [1.807, 2.05) is 42.5 Å². The van der Waals surface area contributed by atoms with Crippen molar-refractivity contribution >= 4 is 11.6 Å². The predicted molar refractivity (Wildman–Crippen MR) is 153 cm³/mol. The Morgan fingerprint density at radius 3 is 2.65 bits per heavy atom. The van der Waals surface area contributed by atoms with E-state index < -0.39 is 0 Å². The van der Waals surface area contributed by atoms with E-state index in [2.05, 4.69) is 21.7 Å². The minimum atomic E-state index is 0.0642. The van der Waals surface area contributed by atoms with Gasteiger partial charge in [-0.2, -0.15) is 5.26 Å². The van der Waals surface area contributed by atoms with E-state index in [1.54, 1.807) is 13.3 Å². The third kappa shape index (κ3) is 7.40. The molecule has 2 aliphatic rings. The molecular formula is C31H37N5O4. The quantitative estimate of drug-likeness (QED) is 0.304. The summed E-state index contributed by atoms with van der Waals surface area (Å²) in [6.07, 6.45) is 8.09. The molecule has 0 radical (unpaired) electrons. The van der Waals surface area contributed by atoms with Crippen molar-refractivity contribution in [3.05, 3.63) is 54.2 Å². The number of benzene rings is 2. The maximum Gasteiger partial charge on any atom is 0.227 e. The molecule has 3 aromatic rings. The number of rotatable bonds is 11. The van der Waals surface area contributed by atoms with E-state index in [0.717, 1.165) is 49.5 Å². The summed E-state index contributed by atoms with van der Waals surface area (Å²) in [4.78, 5) is 9.09. The normalized spacial score (nSPS) is 16.2. The van der Waals surface area contributed by atoms with Crippen molar-refractivity contribution in [2.75, 3.05) is 45.3 Å². The average molecular weight is 544 g/mol. The molecule has 0 aliphatic carbocycles. The van der Waals surface area contributed by atoms with Gasteiger partial charge in [0.1, 0.15) is 17.9 Å². The van der Waals surface area contributed by atoms with Gasteiger partial charge in [-0.1, -0.05) is 0 Å². The summed E-state index contributed by atoms with van der Waals surface area (Å²) < 4.78 is 23.1. The fourth-order valence-electron chi connectivity index (χ4n) is 5.15. The van der Waals surface area contributed by atoms with Crippen LogP contribution in [0.3, 0.4) is 0 Å². The first-order valence-electron chi connectivity index (χ1n) is 14.1. The molecule has 9 nitrogen and oxygen atoms in total. The molecule has 2 aliphatic heterocycles. The van der Waals surface area contributed by atoms with Crippen LogP contribution in [-0.2, 0) is 4.74 Å². The molecule has 2 fully saturated rings. The Kier molecular flexibility index (Phi) is 9.67. The number of ether oxygens (including phenoxy) is 4. The monoisotopic (exact) mass is 543 g/mol. The minimum Gasteiger partial charge on any atom is -0.493 e. The van der Waals surface area contributed by atoms with Gasteiger partial charge in [-0.3, -0.25) is 0 Å². The highest BCUT2D eigenvalue weighted by molar-refractivity contribution is 5.66. The van der Waals surface area contributed by atoms with Crippen LogP contribution in [-0.4, -0.2) is 56.1 Å². The average Bonchev–Trinajstić information content (AvgIpc) is 3.01. The fraction of sp³-hybridized carbons (Fsp3) is 0.452. The van der Waals surface area contributed by atoms with Gasteiger partial charge in [0.25, 0.3) is 0 Å². The Labute approximate surface area is 235 Å². The highest BCUT2D eigenvalue weighted by atomic mass is 16.5. The maximum absolute atomic E-state index is 9.76. The van der Waals surface area contributed by atoms with Crippen molar-refractivity contribution in [1.82, 2.24) is 15.3 Å². The van der Waals surface area contributed by atoms with Crippen LogP contribution in [0.4, 0.5) is 11.6 Å². The van der Waals surface area contributed by atoms with E-state index in [4.69, 9.17) is 23.9 Å². The summed E-state index contributed by atoms with van der Waals surface area (Å²) in [5, 5.41) is 16.5. The molecular weight excluding hydrogens is 506 g/mol. The standard InChI is InChI=1S/C31H37N5O4/c1-37-29-7-5-25(20-30(29)39-16-2-3-22-8-13-33-14-9-22)35-31-34-15-10-27(36-31)23-4-6-28(24(19-23)21-32)40-26-11-17-38-18-12-26/h4-7,10,15,19-20,22,26,33H,2-3,8-9,11-14,16-18H2,1H3,(H,34,35,36). The lowest BCUT2D eigenvalue weighted by Gasteiger charge is -2.23. The lowest BCUT2D eigenvalue weighted by Crippen LogP contribution is -2.27. The molecule has 0 unspecified atom stereocenters. The van der Waals surface area contributed by atoms with Crippen molar-refractivity contribution < 1.29 is 18.9 Å². The molecule has 1 aromatic heterocycles. The van der Waals surface area contributed by atoms with Crippen molar-refractivity contribution in [2.24, 2.45) is 5.92 Å². The van der Waals surface area contributed by atoms with E-state index in [1.165, 1.54) is 19.3 Å². The Morgan fingerprint density at radius 1 is 1.02 bits per heavy atom. The van der Waals surface area contributed by atoms with E-state index in [-0.39, 0.29) is 6.10 Å². The molecule has 2 N–H and O–H groups in total. The number of hydrogen-bond acceptors (Lipinski definition) is 9. The van der Waals surface area contributed by atoms with Crippen LogP contribution in [0.25, 0.3) is 11.3 Å². The van der Waals surface area contributed by atoms with Crippen LogP contribution in [0, 0.1) is 17.2 Å². The number of nitrogens with one attached hydrogen (secondary N) is 2. The Bertz CT molecular complexity index is 1300. The molecule has 2 aromatic carbocycles. The highest BCUT2D eigenvalue weighted by Gasteiger charge is 2.18. The second-order valence-corrected chi connectivity index (χ2v) is 10.2. The van der Waals surface area contributed by atoms with Gasteiger partial charge in [-0.25, -0.2) is 9.97 Å². The zero-order valence-electron chi connectivity index (χ0n) is 23.0. The third-order valence-corrected chi connectivity index (χ3v) is 7.41. The Balaban J connectivity index is 1.23. The van der Waals surface area contributed by atoms with Crippen molar-refractivity contribution in [3.8, 4) is 34.6 Å². The minimum absolute atomic E-state index is 0.0642. The molecule has 0 bridgehead atoms. The number of hydrogen-bond donors (Lipinski definition) is 2. The van der Waals surface area contributed by atoms with Gasteiger partial charge in [0, 0.05) is 36.4 Å². The van der Waals surface area contributed by atoms with Crippen LogP contribution < -0.4 is 24.8 Å². The van der Waals surface area contributed by atoms with Crippen molar-refractivity contribution in [3.63, 3.8) is 0 Å². The van der Waals surface area contributed by atoms with Crippen LogP contribution in [0.1, 0.15) is 44.1 Å². The first-order valence-corrected chi connectivity index (χ1v) is 14.1. The summed E-state index contributed by atoms with van der Waals surface area (Å²) in [7, 11) is 1.65.